The number of unbranched alkanes of at least 4 members (excludes halogenated alkanes) is 3. The number of rotatable bonds is 17. The second kappa shape index (κ2) is 18.3. The van der Waals surface area contributed by atoms with Crippen LogP contribution in [0.5, 0.6) is 0 Å². The molecule has 4 N–H and O–H groups in total. The van der Waals surface area contributed by atoms with Crippen LogP contribution in [-0.2, 0) is 32.2 Å². The van der Waals surface area contributed by atoms with Gasteiger partial charge in [-0.1, -0.05) is 85.6 Å². The van der Waals surface area contributed by atoms with Crippen LogP contribution in [0.1, 0.15) is 79.6 Å². The topological polar surface area (TPSA) is 120 Å². The number of ether oxygens (including phenoxy) is 2. The second-order valence-electron chi connectivity index (χ2n) is 11.9. The molecule has 3 aromatic rings. The lowest BCUT2D eigenvalue weighted by Crippen LogP contribution is -2.37. The molecule has 9 heteroatoms. The van der Waals surface area contributed by atoms with Crippen molar-refractivity contribution in [2.24, 2.45) is 0 Å². The summed E-state index contributed by atoms with van der Waals surface area (Å²) >= 11 is 0. The summed E-state index contributed by atoms with van der Waals surface area (Å²) in [5.41, 5.74) is 7.64. The van der Waals surface area contributed by atoms with Crippen LogP contribution >= 0.6 is 0 Å². The summed E-state index contributed by atoms with van der Waals surface area (Å²) in [4.78, 5) is 25.6. The van der Waals surface area contributed by atoms with Crippen LogP contribution in [0.15, 0.2) is 85.5 Å². The molecule has 0 radical (unpaired) electrons. The van der Waals surface area contributed by atoms with Crippen molar-refractivity contribution >= 4 is 11.8 Å². The van der Waals surface area contributed by atoms with E-state index in [4.69, 9.17) is 14.7 Å². The smallest absolute Gasteiger partial charge is 0.243 e. The summed E-state index contributed by atoms with van der Waals surface area (Å²) in [6, 6.07) is 24.3. The van der Waals surface area contributed by atoms with Gasteiger partial charge in [0.2, 0.25) is 11.8 Å². The lowest BCUT2D eigenvalue weighted by atomic mass is 9.99. The van der Waals surface area contributed by atoms with E-state index in [1.54, 1.807) is 5.48 Å². The highest BCUT2D eigenvalue weighted by Gasteiger charge is 2.32. The number of carbonyl (C=O) groups is 2. The number of likely N-dealkylation sites (N-methyl/N-ethyl adjacent to an activating group) is 1. The van der Waals surface area contributed by atoms with Crippen molar-refractivity contribution in [3.8, 4) is 11.1 Å². The van der Waals surface area contributed by atoms with Gasteiger partial charge < -0.3 is 24.8 Å². The predicted octanol–water partition coefficient (Wildman–Crippen LogP) is 5.97. The maximum atomic E-state index is 12.4. The van der Waals surface area contributed by atoms with Crippen molar-refractivity contribution in [1.29, 1.82) is 0 Å². The van der Waals surface area contributed by atoms with Crippen LogP contribution in [-0.4, -0.2) is 53.3 Å². The molecule has 1 saturated heterocycles. The number of aliphatic hydroxyl groups excluding tert-OH is 1. The van der Waals surface area contributed by atoms with Crippen molar-refractivity contribution < 1.29 is 29.4 Å². The fourth-order valence-corrected chi connectivity index (χ4v) is 5.64. The molecule has 1 fully saturated rings. The Balaban J connectivity index is 1.34. The van der Waals surface area contributed by atoms with E-state index in [1.807, 2.05) is 54.6 Å². The molecule has 3 atom stereocenters. The zero-order valence-electron chi connectivity index (χ0n) is 26.7. The van der Waals surface area contributed by atoms with Crippen molar-refractivity contribution in [2.75, 3.05) is 20.1 Å². The lowest BCUT2D eigenvalue weighted by Gasteiger charge is -2.37. The van der Waals surface area contributed by atoms with Gasteiger partial charge in [0.25, 0.3) is 0 Å². The number of amides is 2. The second-order valence-corrected chi connectivity index (χ2v) is 11.9. The molecule has 4 rings (SSSR count). The summed E-state index contributed by atoms with van der Waals surface area (Å²) in [7, 11) is 2.06. The zero-order valence-corrected chi connectivity index (χ0v) is 26.7. The van der Waals surface area contributed by atoms with Crippen molar-refractivity contribution in [3.05, 3.63) is 108 Å². The number of nitrogens with one attached hydrogen (secondary N) is 2. The fraction of sp³-hybridized carbons (Fsp3) is 0.405. The average Bonchev–Trinajstić information content (AvgIpc) is 3.09. The highest BCUT2D eigenvalue weighted by Crippen LogP contribution is 2.38. The van der Waals surface area contributed by atoms with E-state index >= 15 is 0 Å². The van der Waals surface area contributed by atoms with Gasteiger partial charge in [-0.3, -0.25) is 14.8 Å². The monoisotopic (exact) mass is 629 g/mol. The van der Waals surface area contributed by atoms with Crippen molar-refractivity contribution in [2.45, 2.75) is 76.6 Å². The SMILES string of the molecule is C=CCN(C)C[C@H]1C[C@@H](c2ccc(CO)cc2)O[C@@H](c2ccc(-c3cccc(CNC(=O)CCCCCCC(=O)NO)c3)cc2)O1. The van der Waals surface area contributed by atoms with Gasteiger partial charge >= 0.3 is 0 Å². The molecule has 0 unspecified atom stereocenters. The first-order chi connectivity index (χ1) is 22.4. The van der Waals surface area contributed by atoms with Crippen LogP contribution in [0.2, 0.25) is 0 Å². The molecule has 0 aromatic heterocycles. The van der Waals surface area contributed by atoms with Crippen LogP contribution in [0.4, 0.5) is 0 Å². The molecule has 2 amide bonds. The van der Waals surface area contributed by atoms with E-state index in [2.05, 4.69) is 48.1 Å². The molecule has 9 nitrogen and oxygen atoms in total. The summed E-state index contributed by atoms with van der Waals surface area (Å²) in [6.07, 6.45) is 5.82. The first-order valence-electron chi connectivity index (χ1n) is 16.1. The zero-order chi connectivity index (χ0) is 32.7. The minimum absolute atomic E-state index is 0.00646. The Bertz CT molecular complexity index is 1390. The number of aliphatic hydroxyl groups is 1. The van der Waals surface area contributed by atoms with E-state index in [0.29, 0.717) is 25.8 Å². The Labute approximate surface area is 272 Å². The third-order valence-electron chi connectivity index (χ3n) is 8.19. The Morgan fingerprint density at radius 1 is 0.891 bits per heavy atom. The molecular weight excluding hydrogens is 582 g/mol. The van der Waals surface area contributed by atoms with E-state index < -0.39 is 6.29 Å². The van der Waals surface area contributed by atoms with Crippen LogP contribution in [0.25, 0.3) is 11.1 Å². The Hall–Kier alpha value is -3.86. The molecular formula is C37H47N3O6. The molecule has 1 aliphatic rings. The first-order valence-corrected chi connectivity index (χ1v) is 16.1. The van der Waals surface area contributed by atoms with Gasteiger partial charge in [0, 0.05) is 44.5 Å². The van der Waals surface area contributed by atoms with Crippen molar-refractivity contribution in [1.82, 2.24) is 15.7 Å². The fourth-order valence-electron chi connectivity index (χ4n) is 5.64. The van der Waals surface area contributed by atoms with E-state index in [1.165, 1.54) is 0 Å². The minimum Gasteiger partial charge on any atom is -0.392 e. The molecule has 246 valence electrons. The number of hydroxylamine groups is 1. The maximum Gasteiger partial charge on any atom is 0.243 e. The maximum absolute atomic E-state index is 12.4. The number of hydrogen-bond acceptors (Lipinski definition) is 7. The number of hydrogen-bond donors (Lipinski definition) is 4. The summed E-state index contributed by atoms with van der Waals surface area (Å²) in [6.45, 7) is 5.84. The summed E-state index contributed by atoms with van der Waals surface area (Å²) in [5.74, 6) is -0.372. The van der Waals surface area contributed by atoms with Crippen LogP contribution < -0.4 is 10.8 Å². The molecule has 0 bridgehead atoms. The number of benzene rings is 3. The first kappa shape index (κ1) is 35.0. The van der Waals surface area contributed by atoms with Crippen molar-refractivity contribution in [3.63, 3.8) is 0 Å². The van der Waals surface area contributed by atoms with Gasteiger partial charge in [-0.25, -0.2) is 5.48 Å². The van der Waals surface area contributed by atoms with Gasteiger partial charge in [-0.05, 0) is 53.8 Å². The number of nitrogens with zero attached hydrogens (tertiary/aromatic N) is 1. The third kappa shape index (κ3) is 10.9. The predicted molar refractivity (Wildman–Crippen MR) is 177 cm³/mol. The van der Waals surface area contributed by atoms with Gasteiger partial charge in [0.05, 0.1) is 18.8 Å². The summed E-state index contributed by atoms with van der Waals surface area (Å²) < 4.78 is 13.0. The summed E-state index contributed by atoms with van der Waals surface area (Å²) in [5, 5.41) is 21.0. The molecule has 0 saturated carbocycles. The lowest BCUT2D eigenvalue weighted by molar-refractivity contribution is -0.252. The molecule has 0 spiro atoms. The van der Waals surface area contributed by atoms with E-state index in [-0.39, 0.29) is 30.6 Å². The Kier molecular flexibility index (Phi) is 13.9. The van der Waals surface area contributed by atoms with E-state index in [0.717, 1.165) is 72.2 Å². The highest BCUT2D eigenvalue weighted by molar-refractivity contribution is 5.76. The third-order valence-corrected chi connectivity index (χ3v) is 8.19. The molecule has 0 aliphatic carbocycles. The quantitative estimate of drug-likeness (QED) is 0.0629. The Morgan fingerprint density at radius 3 is 2.26 bits per heavy atom. The molecule has 46 heavy (non-hydrogen) atoms. The largest absolute Gasteiger partial charge is 0.392 e. The molecule has 3 aromatic carbocycles. The Morgan fingerprint density at radius 2 is 1.59 bits per heavy atom. The van der Waals surface area contributed by atoms with E-state index in [9.17, 15) is 14.7 Å². The van der Waals surface area contributed by atoms with Gasteiger partial charge in [-0.15, -0.1) is 6.58 Å². The highest BCUT2D eigenvalue weighted by atomic mass is 16.7. The normalized spacial score (nSPS) is 17.9. The molecule has 1 heterocycles. The average molecular weight is 630 g/mol. The van der Waals surface area contributed by atoms with Gasteiger partial charge in [-0.2, -0.15) is 0 Å². The minimum atomic E-state index is -0.519. The van der Waals surface area contributed by atoms with Gasteiger partial charge in [0.15, 0.2) is 6.29 Å². The number of carbonyl (C=O) groups excluding carboxylic acids is 2. The van der Waals surface area contributed by atoms with Gasteiger partial charge in [0.1, 0.15) is 0 Å². The standard InChI is InChI=1S/C37H47N3O6/c1-3-21-40(2)25-33-23-34(30-15-13-27(26-41)14-16-30)46-37(45-33)31-19-17-29(18-20-31)32-10-8-9-28(22-32)24-38-35(42)11-6-4-5-7-12-36(43)39-44/h3,8-10,13-20,22,33-34,37,41,44H,1,4-7,11-12,21,23-26H2,2H3,(H,38,42)(H,39,43)/t33-,34+,37+/m1/s1. The van der Waals surface area contributed by atoms with Crippen LogP contribution in [0, 0.1) is 0 Å². The molecule has 1 aliphatic heterocycles. The van der Waals surface area contributed by atoms with Crippen LogP contribution in [0.3, 0.4) is 0 Å².